The molecule has 0 unspecified atom stereocenters. The largest absolute Gasteiger partial charge is 0.491 e. The third kappa shape index (κ3) is 2.14. The summed E-state index contributed by atoms with van der Waals surface area (Å²) in [7, 11) is 0. The number of nitrogens with two attached hydrogens (primary N) is 1. The Balaban J connectivity index is 2.05. The van der Waals surface area contributed by atoms with Crippen LogP contribution in [0.5, 0.6) is 5.75 Å². The number of carbonyl (C=O) groups is 1. The van der Waals surface area contributed by atoms with E-state index in [1.807, 2.05) is 25.1 Å². The lowest BCUT2D eigenvalue weighted by molar-refractivity contribution is -0.116. The second kappa shape index (κ2) is 4.97. The molecule has 6 nitrogen and oxygen atoms in total. The molecule has 0 bridgehead atoms. The maximum absolute atomic E-state index is 11.6. The molecule has 3 N–H and O–H groups in total. The second-order valence-electron chi connectivity index (χ2n) is 4.64. The molecular formula is C14H15N3O3. The molecule has 0 radical (unpaired) electrons. The van der Waals surface area contributed by atoms with Gasteiger partial charge in [0.1, 0.15) is 5.75 Å². The molecular weight excluding hydrogens is 258 g/mol. The normalized spacial score (nSPS) is 14.2. The fourth-order valence-corrected chi connectivity index (χ4v) is 2.22. The van der Waals surface area contributed by atoms with E-state index >= 15 is 0 Å². The quantitative estimate of drug-likeness (QED) is 0.871. The van der Waals surface area contributed by atoms with Crippen LogP contribution in [-0.2, 0) is 11.3 Å². The van der Waals surface area contributed by atoms with Crippen LogP contribution in [-0.4, -0.2) is 17.7 Å². The number of benzene rings is 1. The number of rotatable bonds is 2. The highest BCUT2D eigenvalue weighted by Gasteiger charge is 2.18. The Morgan fingerprint density at radius 1 is 1.45 bits per heavy atom. The smallest absolute Gasteiger partial charge is 0.227 e. The van der Waals surface area contributed by atoms with E-state index in [0.717, 1.165) is 16.8 Å². The number of hydrogen-bond acceptors (Lipinski definition) is 5. The summed E-state index contributed by atoms with van der Waals surface area (Å²) in [4.78, 5) is 11.6. The average molecular weight is 273 g/mol. The van der Waals surface area contributed by atoms with Gasteiger partial charge in [0.15, 0.2) is 5.76 Å². The minimum Gasteiger partial charge on any atom is -0.491 e. The van der Waals surface area contributed by atoms with Gasteiger partial charge in [-0.1, -0.05) is 5.16 Å². The van der Waals surface area contributed by atoms with Crippen LogP contribution in [0, 0.1) is 6.92 Å². The van der Waals surface area contributed by atoms with Crippen molar-refractivity contribution in [3.63, 3.8) is 0 Å². The Bertz CT molecular complexity index is 664. The van der Waals surface area contributed by atoms with Crippen LogP contribution in [0.4, 0.5) is 5.69 Å². The predicted octanol–water partition coefficient (Wildman–Crippen LogP) is 1.83. The Morgan fingerprint density at radius 2 is 2.30 bits per heavy atom. The zero-order valence-corrected chi connectivity index (χ0v) is 11.1. The molecule has 1 amide bonds. The van der Waals surface area contributed by atoms with Crippen molar-refractivity contribution in [1.82, 2.24) is 5.16 Å². The van der Waals surface area contributed by atoms with Crippen molar-refractivity contribution >= 4 is 11.6 Å². The highest BCUT2D eigenvalue weighted by atomic mass is 16.5. The van der Waals surface area contributed by atoms with Crippen molar-refractivity contribution in [2.24, 2.45) is 5.73 Å². The predicted molar refractivity (Wildman–Crippen MR) is 73.3 cm³/mol. The van der Waals surface area contributed by atoms with Crippen LogP contribution >= 0.6 is 0 Å². The molecule has 2 heterocycles. The monoisotopic (exact) mass is 273 g/mol. The van der Waals surface area contributed by atoms with Crippen molar-refractivity contribution < 1.29 is 14.1 Å². The Kier molecular flexibility index (Phi) is 3.15. The molecule has 1 aliphatic rings. The maximum atomic E-state index is 11.6. The van der Waals surface area contributed by atoms with E-state index in [2.05, 4.69) is 10.5 Å². The van der Waals surface area contributed by atoms with Gasteiger partial charge < -0.3 is 20.3 Å². The maximum Gasteiger partial charge on any atom is 0.227 e. The third-order valence-electron chi connectivity index (χ3n) is 3.29. The number of fused-ring (bicyclic) bond motifs is 1. The summed E-state index contributed by atoms with van der Waals surface area (Å²) in [6, 6.07) is 5.50. The van der Waals surface area contributed by atoms with Crippen molar-refractivity contribution in [1.29, 1.82) is 0 Å². The Morgan fingerprint density at radius 3 is 3.10 bits per heavy atom. The van der Waals surface area contributed by atoms with Crippen LogP contribution in [0.1, 0.15) is 17.7 Å². The highest BCUT2D eigenvalue weighted by Crippen LogP contribution is 2.34. The molecule has 2 aromatic rings. The molecule has 0 atom stereocenters. The summed E-state index contributed by atoms with van der Waals surface area (Å²) in [5.41, 5.74) is 8.82. The van der Waals surface area contributed by atoms with Crippen LogP contribution in [0.2, 0.25) is 0 Å². The molecule has 1 aromatic carbocycles. The summed E-state index contributed by atoms with van der Waals surface area (Å²) in [6.45, 7) is 2.59. The number of anilines is 1. The molecule has 0 fully saturated rings. The number of nitrogens with zero attached hydrogens (tertiary/aromatic N) is 1. The summed E-state index contributed by atoms with van der Waals surface area (Å²) >= 11 is 0. The van der Waals surface area contributed by atoms with Crippen molar-refractivity contribution in [2.75, 3.05) is 11.9 Å². The lowest BCUT2D eigenvalue weighted by Gasteiger charge is -2.08. The van der Waals surface area contributed by atoms with Crippen molar-refractivity contribution in [2.45, 2.75) is 19.9 Å². The SMILES string of the molecule is Cc1noc(-c2ccc3c(c2)NC(=O)CCO3)c1CN. The minimum atomic E-state index is -0.0614. The van der Waals surface area contributed by atoms with Crippen LogP contribution in [0.3, 0.4) is 0 Å². The van der Waals surface area contributed by atoms with E-state index in [1.54, 1.807) is 0 Å². The van der Waals surface area contributed by atoms with Crippen molar-refractivity contribution in [3.05, 3.63) is 29.5 Å². The Labute approximate surface area is 115 Å². The van der Waals surface area contributed by atoms with Crippen molar-refractivity contribution in [3.8, 4) is 17.1 Å². The van der Waals surface area contributed by atoms with Gasteiger partial charge in [-0.3, -0.25) is 4.79 Å². The van der Waals surface area contributed by atoms with Gasteiger partial charge in [-0.2, -0.15) is 0 Å². The molecule has 1 aromatic heterocycles. The van der Waals surface area contributed by atoms with E-state index in [9.17, 15) is 4.79 Å². The average Bonchev–Trinajstić information content (AvgIpc) is 2.70. The number of carbonyl (C=O) groups excluding carboxylic acids is 1. The van der Waals surface area contributed by atoms with Crippen LogP contribution in [0.25, 0.3) is 11.3 Å². The molecule has 0 aliphatic carbocycles. The van der Waals surface area contributed by atoms with Gasteiger partial charge >= 0.3 is 0 Å². The number of aryl methyl sites for hydroxylation is 1. The molecule has 0 saturated carbocycles. The van der Waals surface area contributed by atoms with Gasteiger partial charge in [0.05, 0.1) is 24.4 Å². The number of aromatic nitrogens is 1. The molecule has 20 heavy (non-hydrogen) atoms. The topological polar surface area (TPSA) is 90.4 Å². The number of ether oxygens (including phenoxy) is 1. The molecule has 0 spiro atoms. The van der Waals surface area contributed by atoms with E-state index in [1.165, 1.54) is 0 Å². The highest BCUT2D eigenvalue weighted by molar-refractivity contribution is 5.94. The minimum absolute atomic E-state index is 0.0614. The van der Waals surface area contributed by atoms with Crippen LogP contribution < -0.4 is 15.8 Å². The molecule has 3 rings (SSSR count). The van der Waals surface area contributed by atoms with Gasteiger partial charge in [-0.05, 0) is 25.1 Å². The summed E-state index contributed by atoms with van der Waals surface area (Å²) in [5.74, 6) is 1.23. The summed E-state index contributed by atoms with van der Waals surface area (Å²) in [6.07, 6.45) is 0.347. The molecule has 1 aliphatic heterocycles. The van der Waals surface area contributed by atoms with Gasteiger partial charge in [-0.25, -0.2) is 0 Å². The summed E-state index contributed by atoms with van der Waals surface area (Å²) in [5, 5.41) is 6.76. The fraction of sp³-hybridized carbons (Fsp3) is 0.286. The first kappa shape index (κ1) is 12.7. The first-order valence-electron chi connectivity index (χ1n) is 6.41. The van der Waals surface area contributed by atoms with Gasteiger partial charge in [0.2, 0.25) is 5.91 Å². The lowest BCUT2D eigenvalue weighted by Crippen LogP contribution is -2.10. The lowest BCUT2D eigenvalue weighted by atomic mass is 10.1. The van der Waals surface area contributed by atoms with Gasteiger partial charge in [0, 0.05) is 17.7 Å². The molecule has 104 valence electrons. The standard InChI is InChI=1S/C14H15N3O3/c1-8-10(7-15)14(20-17-8)9-2-3-12-11(6-9)16-13(18)4-5-19-12/h2-3,6H,4-5,7,15H2,1H3,(H,16,18). The van der Waals surface area contributed by atoms with E-state index in [0.29, 0.717) is 36.8 Å². The third-order valence-corrected chi connectivity index (χ3v) is 3.29. The summed E-state index contributed by atoms with van der Waals surface area (Å²) < 4.78 is 10.9. The molecule has 6 heteroatoms. The van der Waals surface area contributed by atoms with E-state index < -0.39 is 0 Å². The zero-order chi connectivity index (χ0) is 14.1. The Hall–Kier alpha value is -2.34. The van der Waals surface area contributed by atoms with Crippen LogP contribution in [0.15, 0.2) is 22.7 Å². The van der Waals surface area contributed by atoms with Gasteiger partial charge in [0.25, 0.3) is 0 Å². The number of amides is 1. The van der Waals surface area contributed by atoms with E-state index in [4.69, 9.17) is 15.0 Å². The zero-order valence-electron chi connectivity index (χ0n) is 11.1. The number of hydrogen-bond donors (Lipinski definition) is 2. The fourth-order valence-electron chi connectivity index (χ4n) is 2.22. The molecule has 0 saturated heterocycles. The first-order chi connectivity index (χ1) is 9.69. The number of nitrogens with one attached hydrogen (secondary N) is 1. The van der Waals surface area contributed by atoms with E-state index in [-0.39, 0.29) is 5.91 Å². The first-order valence-corrected chi connectivity index (χ1v) is 6.41. The second-order valence-corrected chi connectivity index (χ2v) is 4.64. The van der Waals surface area contributed by atoms with Gasteiger partial charge in [-0.15, -0.1) is 0 Å².